The fraction of sp³-hybridized carbons (Fsp3) is 0.833. The van der Waals surface area contributed by atoms with E-state index in [0.717, 1.165) is 32.4 Å². The fourth-order valence-corrected chi connectivity index (χ4v) is 2.61. The van der Waals surface area contributed by atoms with Gasteiger partial charge in [0.1, 0.15) is 6.04 Å². The lowest BCUT2D eigenvalue weighted by molar-refractivity contribution is -0.135. The van der Waals surface area contributed by atoms with Crippen molar-refractivity contribution in [1.82, 2.24) is 15.5 Å². The maximum absolute atomic E-state index is 12.2. The van der Waals surface area contributed by atoms with E-state index in [-0.39, 0.29) is 17.9 Å². The van der Waals surface area contributed by atoms with Crippen molar-refractivity contribution in [3.63, 3.8) is 0 Å². The molecule has 2 aliphatic heterocycles. The molecule has 1 unspecified atom stereocenters. The Morgan fingerprint density at radius 2 is 2.12 bits per heavy atom. The third kappa shape index (κ3) is 2.97. The van der Waals surface area contributed by atoms with E-state index >= 15 is 0 Å². The third-order valence-electron chi connectivity index (χ3n) is 3.73. The summed E-state index contributed by atoms with van der Waals surface area (Å²) in [5.74, 6) is 0.0713. The first kappa shape index (κ1) is 12.4. The topological polar surface area (TPSA) is 61.4 Å². The molecule has 2 rings (SSSR count). The van der Waals surface area contributed by atoms with Gasteiger partial charge in [0, 0.05) is 19.5 Å². The first-order valence-corrected chi connectivity index (χ1v) is 6.45. The number of likely N-dealkylation sites (N-methyl/N-ethyl adjacent to an activating group) is 1. The minimum absolute atomic E-state index is 0.000664. The Balaban J connectivity index is 1.91. The molecule has 96 valence electrons. The quantitative estimate of drug-likeness (QED) is 0.705. The molecule has 0 saturated carbocycles. The van der Waals surface area contributed by atoms with Crippen molar-refractivity contribution < 1.29 is 9.59 Å². The summed E-state index contributed by atoms with van der Waals surface area (Å²) in [6, 6.07) is 0.0266. The summed E-state index contributed by atoms with van der Waals surface area (Å²) in [5, 5.41) is 6.08. The molecule has 2 heterocycles. The van der Waals surface area contributed by atoms with Crippen LogP contribution < -0.4 is 10.6 Å². The zero-order valence-corrected chi connectivity index (χ0v) is 10.4. The molecule has 2 saturated heterocycles. The van der Waals surface area contributed by atoms with Crippen LogP contribution in [0.5, 0.6) is 0 Å². The standard InChI is InChI=1S/C12H21N3O2/c1-15(9-3-2-7-13-8-6-9)12(17)10-4-5-11(16)14-10/h9-10,13H,2-8H2,1H3,(H,14,16)/t9?,10-/m1/s1. The molecule has 2 atom stereocenters. The van der Waals surface area contributed by atoms with Gasteiger partial charge in [0.15, 0.2) is 0 Å². The zero-order chi connectivity index (χ0) is 12.3. The Morgan fingerprint density at radius 1 is 1.29 bits per heavy atom. The van der Waals surface area contributed by atoms with E-state index in [0.29, 0.717) is 18.9 Å². The highest BCUT2D eigenvalue weighted by molar-refractivity contribution is 5.90. The predicted molar refractivity (Wildman–Crippen MR) is 64.4 cm³/mol. The van der Waals surface area contributed by atoms with Crippen molar-refractivity contribution in [2.45, 2.75) is 44.2 Å². The van der Waals surface area contributed by atoms with Crippen LogP contribution >= 0.6 is 0 Å². The van der Waals surface area contributed by atoms with Gasteiger partial charge in [0.05, 0.1) is 0 Å². The van der Waals surface area contributed by atoms with Crippen LogP contribution in [0.4, 0.5) is 0 Å². The number of nitrogens with zero attached hydrogens (tertiary/aromatic N) is 1. The third-order valence-corrected chi connectivity index (χ3v) is 3.73. The summed E-state index contributed by atoms with van der Waals surface area (Å²) in [6.45, 7) is 2.01. The zero-order valence-electron chi connectivity index (χ0n) is 10.4. The molecular weight excluding hydrogens is 218 g/mol. The van der Waals surface area contributed by atoms with Crippen LogP contribution in [0, 0.1) is 0 Å². The van der Waals surface area contributed by atoms with Gasteiger partial charge in [-0.15, -0.1) is 0 Å². The van der Waals surface area contributed by atoms with E-state index in [1.165, 1.54) is 0 Å². The maximum Gasteiger partial charge on any atom is 0.245 e. The first-order valence-electron chi connectivity index (χ1n) is 6.45. The van der Waals surface area contributed by atoms with Gasteiger partial charge in [-0.25, -0.2) is 0 Å². The highest BCUT2D eigenvalue weighted by atomic mass is 16.2. The lowest BCUT2D eigenvalue weighted by Gasteiger charge is -2.29. The number of hydrogen-bond acceptors (Lipinski definition) is 3. The predicted octanol–water partition coefficient (Wildman–Crippen LogP) is -0.134. The summed E-state index contributed by atoms with van der Waals surface area (Å²) in [7, 11) is 1.86. The Kier molecular flexibility index (Phi) is 3.99. The van der Waals surface area contributed by atoms with E-state index in [9.17, 15) is 9.59 Å². The smallest absolute Gasteiger partial charge is 0.245 e. The van der Waals surface area contributed by atoms with Crippen molar-refractivity contribution in [3.8, 4) is 0 Å². The van der Waals surface area contributed by atoms with Crippen LogP contribution in [0.15, 0.2) is 0 Å². The number of hydrogen-bond donors (Lipinski definition) is 2. The molecule has 5 heteroatoms. The second-order valence-electron chi connectivity index (χ2n) is 4.94. The minimum atomic E-state index is -0.288. The Hall–Kier alpha value is -1.10. The van der Waals surface area contributed by atoms with Crippen LogP contribution in [0.25, 0.3) is 0 Å². The Morgan fingerprint density at radius 3 is 2.82 bits per heavy atom. The van der Waals surface area contributed by atoms with Crippen molar-refractivity contribution >= 4 is 11.8 Å². The van der Waals surface area contributed by atoms with Gasteiger partial charge in [0.25, 0.3) is 0 Å². The van der Waals surface area contributed by atoms with Gasteiger partial charge < -0.3 is 15.5 Å². The lowest BCUT2D eigenvalue weighted by atomic mass is 10.1. The molecule has 17 heavy (non-hydrogen) atoms. The summed E-state index contributed by atoms with van der Waals surface area (Å²) < 4.78 is 0. The van der Waals surface area contributed by atoms with E-state index in [1.54, 1.807) is 0 Å². The molecule has 2 aliphatic rings. The monoisotopic (exact) mass is 239 g/mol. The Bertz CT molecular complexity index is 298. The summed E-state index contributed by atoms with van der Waals surface area (Å²) in [6.07, 6.45) is 4.29. The van der Waals surface area contributed by atoms with E-state index in [2.05, 4.69) is 10.6 Å². The van der Waals surface area contributed by atoms with E-state index in [4.69, 9.17) is 0 Å². The average Bonchev–Trinajstić information content (AvgIpc) is 2.60. The second-order valence-corrected chi connectivity index (χ2v) is 4.94. The largest absolute Gasteiger partial charge is 0.344 e. The number of carbonyl (C=O) groups is 2. The van der Waals surface area contributed by atoms with Gasteiger partial charge in [-0.2, -0.15) is 0 Å². The second kappa shape index (κ2) is 5.49. The molecular formula is C12H21N3O2. The summed E-state index contributed by atoms with van der Waals surface area (Å²) in [4.78, 5) is 25.1. The molecule has 0 aromatic carbocycles. The van der Waals surface area contributed by atoms with Crippen molar-refractivity contribution in [2.24, 2.45) is 0 Å². The Labute approximate surface area is 102 Å². The average molecular weight is 239 g/mol. The van der Waals surface area contributed by atoms with Crippen LogP contribution in [-0.4, -0.2) is 48.9 Å². The van der Waals surface area contributed by atoms with Crippen LogP contribution in [0.1, 0.15) is 32.1 Å². The lowest BCUT2D eigenvalue weighted by Crippen LogP contribution is -2.47. The van der Waals surface area contributed by atoms with E-state index < -0.39 is 0 Å². The SMILES string of the molecule is CN(C(=O)[C@H]1CCC(=O)N1)C1CCCNCC1. The molecule has 0 aromatic heterocycles. The molecule has 0 radical (unpaired) electrons. The fourth-order valence-electron chi connectivity index (χ4n) is 2.61. The molecule has 5 nitrogen and oxygen atoms in total. The van der Waals surface area contributed by atoms with Crippen LogP contribution in [-0.2, 0) is 9.59 Å². The number of carbonyl (C=O) groups excluding carboxylic acids is 2. The molecule has 0 spiro atoms. The molecule has 0 bridgehead atoms. The van der Waals surface area contributed by atoms with Crippen molar-refractivity contribution in [3.05, 3.63) is 0 Å². The summed E-state index contributed by atoms with van der Waals surface area (Å²) in [5.41, 5.74) is 0. The van der Waals surface area contributed by atoms with Gasteiger partial charge in [-0.05, 0) is 38.8 Å². The summed E-state index contributed by atoms with van der Waals surface area (Å²) >= 11 is 0. The van der Waals surface area contributed by atoms with Gasteiger partial charge >= 0.3 is 0 Å². The number of nitrogens with one attached hydrogen (secondary N) is 2. The van der Waals surface area contributed by atoms with E-state index in [1.807, 2.05) is 11.9 Å². The minimum Gasteiger partial charge on any atom is -0.344 e. The maximum atomic E-state index is 12.2. The molecule has 0 aliphatic carbocycles. The normalized spacial score (nSPS) is 29.6. The van der Waals surface area contributed by atoms with Gasteiger partial charge in [-0.1, -0.05) is 0 Å². The highest BCUT2D eigenvalue weighted by Crippen LogP contribution is 2.16. The number of rotatable bonds is 2. The van der Waals surface area contributed by atoms with Crippen LogP contribution in [0.3, 0.4) is 0 Å². The highest BCUT2D eigenvalue weighted by Gasteiger charge is 2.32. The van der Waals surface area contributed by atoms with Crippen LogP contribution in [0.2, 0.25) is 0 Å². The molecule has 0 aromatic rings. The number of amides is 2. The van der Waals surface area contributed by atoms with Crippen molar-refractivity contribution in [2.75, 3.05) is 20.1 Å². The van der Waals surface area contributed by atoms with Gasteiger partial charge in [-0.3, -0.25) is 9.59 Å². The van der Waals surface area contributed by atoms with Gasteiger partial charge in [0.2, 0.25) is 11.8 Å². The van der Waals surface area contributed by atoms with Crippen molar-refractivity contribution in [1.29, 1.82) is 0 Å². The molecule has 2 fully saturated rings. The first-order chi connectivity index (χ1) is 8.18. The molecule has 2 N–H and O–H groups in total. The molecule has 2 amide bonds.